The van der Waals surface area contributed by atoms with Gasteiger partial charge in [-0.3, -0.25) is 4.79 Å². The van der Waals surface area contributed by atoms with Gasteiger partial charge in [-0.2, -0.15) is 0 Å². The maximum Gasteiger partial charge on any atom is 0.408 e. The lowest BCUT2D eigenvalue weighted by molar-refractivity contribution is -0.123. The number of amides is 2. The predicted octanol–water partition coefficient (Wildman–Crippen LogP) is 4.34. The van der Waals surface area contributed by atoms with Crippen molar-refractivity contribution < 1.29 is 14.3 Å². The van der Waals surface area contributed by atoms with E-state index in [0.717, 1.165) is 31.2 Å². The molecular formula is C20H32N2O3. The number of hydrogen-bond donors (Lipinski definition) is 2. The molecule has 1 aromatic carbocycles. The molecule has 5 nitrogen and oxygen atoms in total. The van der Waals surface area contributed by atoms with Crippen LogP contribution in [0.2, 0.25) is 0 Å². The van der Waals surface area contributed by atoms with E-state index in [0.29, 0.717) is 0 Å². The van der Waals surface area contributed by atoms with Crippen molar-refractivity contribution in [3.63, 3.8) is 0 Å². The van der Waals surface area contributed by atoms with Gasteiger partial charge in [0.1, 0.15) is 11.6 Å². The molecule has 5 heteroatoms. The molecule has 0 fully saturated rings. The van der Waals surface area contributed by atoms with Crippen molar-refractivity contribution in [1.29, 1.82) is 0 Å². The molecule has 1 aromatic rings. The first-order valence-electron chi connectivity index (χ1n) is 9.07. The molecular weight excluding hydrogens is 316 g/mol. The largest absolute Gasteiger partial charge is 0.444 e. The second-order valence-electron chi connectivity index (χ2n) is 7.34. The van der Waals surface area contributed by atoms with Crippen LogP contribution in [-0.4, -0.2) is 23.6 Å². The Morgan fingerprint density at radius 1 is 1.08 bits per heavy atom. The summed E-state index contributed by atoms with van der Waals surface area (Å²) in [6.45, 7) is 9.18. The van der Waals surface area contributed by atoms with E-state index in [2.05, 4.69) is 17.6 Å². The summed E-state index contributed by atoms with van der Waals surface area (Å²) in [6, 6.07) is 9.22. The molecule has 0 heterocycles. The Balaban J connectivity index is 2.65. The lowest BCUT2D eigenvalue weighted by Gasteiger charge is -2.24. The second-order valence-corrected chi connectivity index (χ2v) is 7.34. The fourth-order valence-corrected chi connectivity index (χ4v) is 2.45. The minimum Gasteiger partial charge on any atom is -0.444 e. The van der Waals surface area contributed by atoms with Crippen molar-refractivity contribution in [2.24, 2.45) is 0 Å². The van der Waals surface area contributed by atoms with Crippen LogP contribution in [0.1, 0.15) is 71.9 Å². The normalized spacial score (nSPS) is 13.6. The highest BCUT2D eigenvalue weighted by Gasteiger charge is 2.23. The summed E-state index contributed by atoms with van der Waals surface area (Å²) in [4.78, 5) is 24.3. The van der Waals surface area contributed by atoms with E-state index in [4.69, 9.17) is 4.74 Å². The number of carbonyl (C=O) groups is 2. The van der Waals surface area contributed by atoms with Gasteiger partial charge in [-0.1, -0.05) is 56.5 Å². The SMILES string of the molecule is CCCCCC(NC(=O)[C@@H](C)NC(=O)OC(C)(C)C)c1ccccc1. The van der Waals surface area contributed by atoms with Crippen molar-refractivity contribution in [3.05, 3.63) is 35.9 Å². The third-order valence-electron chi connectivity index (χ3n) is 3.74. The number of ether oxygens (including phenoxy) is 1. The average Bonchev–Trinajstić information content (AvgIpc) is 2.52. The molecule has 0 aliphatic heterocycles. The predicted molar refractivity (Wildman–Crippen MR) is 100 cm³/mol. The van der Waals surface area contributed by atoms with E-state index in [9.17, 15) is 9.59 Å². The summed E-state index contributed by atoms with van der Waals surface area (Å²) in [6.07, 6.45) is 3.60. The molecule has 0 aromatic heterocycles. The number of unbranched alkanes of at least 4 members (excludes halogenated alkanes) is 2. The van der Waals surface area contributed by atoms with E-state index in [1.807, 2.05) is 30.3 Å². The number of nitrogens with one attached hydrogen (secondary N) is 2. The van der Waals surface area contributed by atoms with Crippen molar-refractivity contribution >= 4 is 12.0 Å². The topological polar surface area (TPSA) is 67.4 Å². The van der Waals surface area contributed by atoms with Crippen LogP contribution >= 0.6 is 0 Å². The molecule has 2 atom stereocenters. The van der Waals surface area contributed by atoms with Crippen molar-refractivity contribution in [2.75, 3.05) is 0 Å². The molecule has 1 unspecified atom stereocenters. The van der Waals surface area contributed by atoms with E-state index in [1.165, 1.54) is 0 Å². The highest BCUT2D eigenvalue weighted by Crippen LogP contribution is 2.20. The summed E-state index contributed by atoms with van der Waals surface area (Å²) in [5, 5.41) is 5.64. The Hall–Kier alpha value is -2.04. The van der Waals surface area contributed by atoms with Gasteiger partial charge in [0.2, 0.25) is 5.91 Å². The molecule has 0 saturated heterocycles. The van der Waals surface area contributed by atoms with E-state index >= 15 is 0 Å². The lowest BCUT2D eigenvalue weighted by atomic mass is 10.00. The average molecular weight is 348 g/mol. The smallest absolute Gasteiger partial charge is 0.408 e. The van der Waals surface area contributed by atoms with Crippen molar-refractivity contribution in [3.8, 4) is 0 Å². The molecule has 0 radical (unpaired) electrons. The van der Waals surface area contributed by atoms with Crippen LogP contribution < -0.4 is 10.6 Å². The minimum atomic E-state index is -0.660. The number of rotatable bonds is 8. The maximum absolute atomic E-state index is 12.5. The number of carbonyl (C=O) groups excluding carboxylic acids is 2. The highest BCUT2D eigenvalue weighted by atomic mass is 16.6. The fraction of sp³-hybridized carbons (Fsp3) is 0.600. The van der Waals surface area contributed by atoms with Crippen LogP contribution in [0.3, 0.4) is 0 Å². The number of benzene rings is 1. The van der Waals surface area contributed by atoms with Crippen LogP contribution in [0.15, 0.2) is 30.3 Å². The zero-order valence-corrected chi connectivity index (χ0v) is 16.1. The molecule has 0 saturated carbocycles. The van der Waals surface area contributed by atoms with Crippen molar-refractivity contribution in [1.82, 2.24) is 10.6 Å². The Morgan fingerprint density at radius 3 is 2.28 bits per heavy atom. The Labute approximate surface area is 151 Å². The zero-order chi connectivity index (χ0) is 18.9. The first kappa shape index (κ1) is 21.0. The fourth-order valence-electron chi connectivity index (χ4n) is 2.45. The molecule has 1 rings (SSSR count). The molecule has 0 aliphatic carbocycles. The molecule has 0 bridgehead atoms. The van der Waals surface area contributed by atoms with Gasteiger partial charge in [0.25, 0.3) is 0 Å². The molecule has 140 valence electrons. The highest BCUT2D eigenvalue weighted by molar-refractivity contribution is 5.85. The Morgan fingerprint density at radius 2 is 1.72 bits per heavy atom. The maximum atomic E-state index is 12.5. The molecule has 2 amide bonds. The Kier molecular flexibility index (Phi) is 8.46. The van der Waals surface area contributed by atoms with E-state index < -0.39 is 17.7 Å². The molecule has 0 spiro atoms. The van der Waals surface area contributed by atoms with Gasteiger partial charge < -0.3 is 15.4 Å². The molecule has 2 N–H and O–H groups in total. The zero-order valence-electron chi connectivity index (χ0n) is 16.1. The van der Waals surface area contributed by atoms with Gasteiger partial charge in [0, 0.05) is 0 Å². The first-order valence-corrected chi connectivity index (χ1v) is 9.07. The molecule has 25 heavy (non-hydrogen) atoms. The van der Waals surface area contributed by atoms with Crippen LogP contribution in [0.5, 0.6) is 0 Å². The Bertz CT molecular complexity index is 538. The van der Waals surface area contributed by atoms with Gasteiger partial charge in [-0.25, -0.2) is 4.79 Å². The van der Waals surface area contributed by atoms with Gasteiger partial charge in [0.15, 0.2) is 0 Å². The van der Waals surface area contributed by atoms with Crippen LogP contribution in [0.25, 0.3) is 0 Å². The van der Waals surface area contributed by atoms with Gasteiger partial charge in [-0.05, 0) is 39.7 Å². The van der Waals surface area contributed by atoms with Crippen molar-refractivity contribution in [2.45, 2.75) is 78.0 Å². The summed E-state index contributed by atoms with van der Waals surface area (Å²) in [5.41, 5.74) is 0.490. The van der Waals surface area contributed by atoms with E-state index in [1.54, 1.807) is 27.7 Å². The van der Waals surface area contributed by atoms with Crippen LogP contribution in [0, 0.1) is 0 Å². The monoisotopic (exact) mass is 348 g/mol. The standard InChI is InChI=1S/C20H32N2O3/c1-6-7-9-14-17(16-12-10-8-11-13-16)22-18(23)15(2)21-19(24)25-20(3,4)5/h8,10-13,15,17H,6-7,9,14H2,1-5H3,(H,21,24)(H,22,23)/t15-,17?/m1/s1. The summed E-state index contributed by atoms with van der Waals surface area (Å²) >= 11 is 0. The van der Waals surface area contributed by atoms with E-state index in [-0.39, 0.29) is 11.9 Å². The summed E-state index contributed by atoms with van der Waals surface area (Å²) < 4.78 is 5.20. The first-order chi connectivity index (χ1) is 11.7. The molecule has 0 aliphatic rings. The van der Waals surface area contributed by atoms with Gasteiger partial charge in [-0.15, -0.1) is 0 Å². The van der Waals surface area contributed by atoms with Crippen LogP contribution in [0.4, 0.5) is 4.79 Å². The van der Waals surface area contributed by atoms with Gasteiger partial charge in [0.05, 0.1) is 6.04 Å². The lowest BCUT2D eigenvalue weighted by Crippen LogP contribution is -2.47. The second kappa shape index (κ2) is 10.1. The van der Waals surface area contributed by atoms with Crippen LogP contribution in [-0.2, 0) is 9.53 Å². The minimum absolute atomic E-state index is 0.0527. The third-order valence-corrected chi connectivity index (χ3v) is 3.74. The van der Waals surface area contributed by atoms with Gasteiger partial charge >= 0.3 is 6.09 Å². The third kappa shape index (κ3) is 8.57. The number of hydrogen-bond acceptors (Lipinski definition) is 3. The number of alkyl carbamates (subject to hydrolysis) is 1. The quantitative estimate of drug-likeness (QED) is 0.687. The summed E-state index contributed by atoms with van der Waals surface area (Å²) in [7, 11) is 0. The summed E-state index contributed by atoms with van der Waals surface area (Å²) in [5.74, 6) is -0.212.